The predicted molar refractivity (Wildman–Crippen MR) is 76.2 cm³/mol. The van der Waals surface area contributed by atoms with Crippen molar-refractivity contribution in [2.75, 3.05) is 13.1 Å². The Labute approximate surface area is 114 Å². The molecule has 3 heteroatoms. The lowest BCUT2D eigenvalue weighted by atomic mass is 9.95. The number of carbonyl (C=O) groups is 1. The van der Waals surface area contributed by atoms with Crippen molar-refractivity contribution >= 4 is 5.91 Å². The Balaban J connectivity index is 1.92. The van der Waals surface area contributed by atoms with Gasteiger partial charge in [-0.3, -0.25) is 4.79 Å². The zero-order valence-electron chi connectivity index (χ0n) is 11.5. The average molecular weight is 258 g/mol. The maximum Gasteiger partial charge on any atom is 0.251 e. The standard InChI is InChI=1S/C16H22N2O/c1-2-17-15(12-6-7-12)13-8-5-11-4-3-9-18-16(19)14(11)10-13/h5,8,10,12,15,17H,2-4,6-7,9H2,1H3,(H,18,19). The van der Waals surface area contributed by atoms with E-state index in [9.17, 15) is 4.79 Å². The highest BCUT2D eigenvalue weighted by molar-refractivity contribution is 5.96. The summed E-state index contributed by atoms with van der Waals surface area (Å²) in [5.41, 5.74) is 3.36. The van der Waals surface area contributed by atoms with Crippen LogP contribution >= 0.6 is 0 Å². The van der Waals surface area contributed by atoms with Gasteiger partial charge in [0.15, 0.2) is 0 Å². The highest BCUT2D eigenvalue weighted by Crippen LogP contribution is 2.41. The van der Waals surface area contributed by atoms with E-state index in [4.69, 9.17) is 0 Å². The normalized spacial score (nSPS) is 20.4. The molecule has 1 atom stereocenters. The second kappa shape index (κ2) is 5.33. The molecule has 1 aromatic rings. The molecule has 1 fully saturated rings. The van der Waals surface area contributed by atoms with Gasteiger partial charge in [0, 0.05) is 18.2 Å². The summed E-state index contributed by atoms with van der Waals surface area (Å²) in [7, 11) is 0. The lowest BCUT2D eigenvalue weighted by molar-refractivity contribution is 0.0956. The molecule has 3 nitrogen and oxygen atoms in total. The van der Waals surface area contributed by atoms with Gasteiger partial charge in [0.05, 0.1) is 0 Å². The minimum Gasteiger partial charge on any atom is -0.352 e. The molecular formula is C16H22N2O. The Morgan fingerprint density at radius 1 is 1.42 bits per heavy atom. The van der Waals surface area contributed by atoms with Crippen LogP contribution in [0, 0.1) is 5.92 Å². The van der Waals surface area contributed by atoms with Crippen LogP contribution in [0.3, 0.4) is 0 Å². The summed E-state index contributed by atoms with van der Waals surface area (Å²) in [5, 5.41) is 6.55. The zero-order valence-corrected chi connectivity index (χ0v) is 11.5. The zero-order chi connectivity index (χ0) is 13.2. The van der Waals surface area contributed by atoms with Gasteiger partial charge in [0.2, 0.25) is 0 Å². The fourth-order valence-corrected chi connectivity index (χ4v) is 3.00. The smallest absolute Gasteiger partial charge is 0.251 e. The number of nitrogens with one attached hydrogen (secondary N) is 2. The number of amides is 1. The number of carbonyl (C=O) groups excluding carboxylic acids is 1. The van der Waals surface area contributed by atoms with Crippen LogP contribution in [0.25, 0.3) is 0 Å². The van der Waals surface area contributed by atoms with Gasteiger partial charge >= 0.3 is 0 Å². The fourth-order valence-electron chi connectivity index (χ4n) is 3.00. The Morgan fingerprint density at radius 3 is 3.00 bits per heavy atom. The van der Waals surface area contributed by atoms with Crippen LogP contribution in [0.1, 0.15) is 53.7 Å². The molecule has 1 aromatic carbocycles. The van der Waals surface area contributed by atoms with Gasteiger partial charge in [-0.1, -0.05) is 19.1 Å². The van der Waals surface area contributed by atoms with Crippen molar-refractivity contribution in [2.45, 2.75) is 38.6 Å². The van der Waals surface area contributed by atoms with Crippen molar-refractivity contribution in [3.05, 3.63) is 34.9 Å². The Hall–Kier alpha value is -1.35. The van der Waals surface area contributed by atoms with Gasteiger partial charge < -0.3 is 10.6 Å². The van der Waals surface area contributed by atoms with E-state index >= 15 is 0 Å². The number of fused-ring (bicyclic) bond motifs is 1. The molecule has 0 bridgehead atoms. The molecule has 0 saturated heterocycles. The molecule has 1 unspecified atom stereocenters. The number of rotatable bonds is 4. The van der Waals surface area contributed by atoms with E-state index in [1.165, 1.54) is 24.0 Å². The SMILES string of the molecule is CCNC(c1ccc2c(c1)C(=O)NCCC2)C1CC1. The molecular weight excluding hydrogens is 236 g/mol. The van der Waals surface area contributed by atoms with Gasteiger partial charge in [-0.25, -0.2) is 0 Å². The van der Waals surface area contributed by atoms with Crippen molar-refractivity contribution in [2.24, 2.45) is 5.92 Å². The first-order chi connectivity index (χ1) is 9.29. The first-order valence-corrected chi connectivity index (χ1v) is 7.44. The van der Waals surface area contributed by atoms with Gasteiger partial charge in [-0.2, -0.15) is 0 Å². The summed E-state index contributed by atoms with van der Waals surface area (Å²) >= 11 is 0. The quantitative estimate of drug-likeness (QED) is 0.871. The molecule has 1 aliphatic carbocycles. The molecule has 1 heterocycles. The molecule has 2 aliphatic rings. The molecule has 19 heavy (non-hydrogen) atoms. The maximum absolute atomic E-state index is 12.1. The van der Waals surface area contributed by atoms with E-state index in [0.29, 0.717) is 6.04 Å². The molecule has 0 aromatic heterocycles. The summed E-state index contributed by atoms with van der Waals surface area (Å²) in [6, 6.07) is 6.90. The first kappa shape index (κ1) is 12.7. The van der Waals surface area contributed by atoms with Crippen molar-refractivity contribution < 1.29 is 4.79 Å². The summed E-state index contributed by atoms with van der Waals surface area (Å²) < 4.78 is 0. The van der Waals surface area contributed by atoms with Crippen molar-refractivity contribution in [3.63, 3.8) is 0 Å². The Morgan fingerprint density at radius 2 is 2.26 bits per heavy atom. The van der Waals surface area contributed by atoms with Crippen LogP contribution in [0.15, 0.2) is 18.2 Å². The van der Waals surface area contributed by atoms with E-state index in [-0.39, 0.29) is 5.91 Å². The summed E-state index contributed by atoms with van der Waals surface area (Å²) in [6.45, 7) is 3.91. The monoisotopic (exact) mass is 258 g/mol. The minimum absolute atomic E-state index is 0.0976. The van der Waals surface area contributed by atoms with Gasteiger partial charge in [0.25, 0.3) is 5.91 Å². The third-order valence-corrected chi connectivity index (χ3v) is 4.16. The number of hydrogen-bond acceptors (Lipinski definition) is 2. The predicted octanol–water partition coefficient (Wildman–Crippen LogP) is 2.42. The summed E-state index contributed by atoms with van der Waals surface area (Å²) in [6.07, 6.45) is 4.66. The highest BCUT2D eigenvalue weighted by Gasteiger charge is 2.32. The van der Waals surface area contributed by atoms with Gasteiger partial charge in [-0.15, -0.1) is 0 Å². The fraction of sp³-hybridized carbons (Fsp3) is 0.562. The Bertz CT molecular complexity index is 480. The topological polar surface area (TPSA) is 41.1 Å². The largest absolute Gasteiger partial charge is 0.352 e. The van der Waals surface area contributed by atoms with Crippen LogP contribution in [-0.4, -0.2) is 19.0 Å². The van der Waals surface area contributed by atoms with Crippen LogP contribution in [-0.2, 0) is 6.42 Å². The molecule has 0 radical (unpaired) electrons. The number of hydrogen-bond donors (Lipinski definition) is 2. The summed E-state index contributed by atoms with van der Waals surface area (Å²) in [4.78, 5) is 12.1. The summed E-state index contributed by atoms with van der Waals surface area (Å²) in [5.74, 6) is 0.854. The van der Waals surface area contributed by atoms with Gasteiger partial charge in [0.1, 0.15) is 0 Å². The molecule has 0 spiro atoms. The lowest BCUT2D eigenvalue weighted by Crippen LogP contribution is -2.25. The van der Waals surface area contributed by atoms with E-state index < -0.39 is 0 Å². The van der Waals surface area contributed by atoms with E-state index in [1.807, 2.05) is 0 Å². The second-order valence-corrected chi connectivity index (χ2v) is 5.65. The molecule has 2 N–H and O–H groups in total. The average Bonchev–Trinajstić information content (AvgIpc) is 3.25. The van der Waals surface area contributed by atoms with E-state index in [0.717, 1.165) is 37.4 Å². The van der Waals surface area contributed by atoms with Crippen LogP contribution < -0.4 is 10.6 Å². The molecule has 102 valence electrons. The van der Waals surface area contributed by atoms with Crippen molar-refractivity contribution in [3.8, 4) is 0 Å². The lowest BCUT2D eigenvalue weighted by Gasteiger charge is -2.19. The molecule has 1 amide bonds. The van der Waals surface area contributed by atoms with E-state index in [2.05, 4.69) is 35.8 Å². The minimum atomic E-state index is 0.0976. The van der Waals surface area contributed by atoms with Crippen molar-refractivity contribution in [1.82, 2.24) is 10.6 Å². The molecule has 1 saturated carbocycles. The van der Waals surface area contributed by atoms with E-state index in [1.54, 1.807) is 0 Å². The highest BCUT2D eigenvalue weighted by atomic mass is 16.1. The van der Waals surface area contributed by atoms with Crippen LogP contribution in [0.2, 0.25) is 0 Å². The molecule has 1 aliphatic heterocycles. The first-order valence-electron chi connectivity index (χ1n) is 7.44. The number of benzene rings is 1. The van der Waals surface area contributed by atoms with Gasteiger partial charge in [-0.05, 0) is 55.3 Å². The maximum atomic E-state index is 12.1. The third kappa shape index (κ3) is 2.66. The third-order valence-electron chi connectivity index (χ3n) is 4.16. The van der Waals surface area contributed by atoms with Crippen molar-refractivity contribution in [1.29, 1.82) is 0 Å². The second-order valence-electron chi connectivity index (χ2n) is 5.65. The van der Waals surface area contributed by atoms with Crippen LogP contribution in [0.5, 0.6) is 0 Å². The molecule has 3 rings (SSSR count). The van der Waals surface area contributed by atoms with Crippen LogP contribution in [0.4, 0.5) is 0 Å². The Kier molecular flexibility index (Phi) is 3.56. The number of aryl methyl sites for hydroxylation is 1.